The van der Waals surface area contributed by atoms with Crippen molar-refractivity contribution in [2.75, 3.05) is 0 Å². The van der Waals surface area contributed by atoms with Gasteiger partial charge in [0.05, 0.1) is 10.0 Å². The summed E-state index contributed by atoms with van der Waals surface area (Å²) in [5, 5.41) is 1.10. The third-order valence-electron chi connectivity index (χ3n) is 1.86. The molecule has 0 amide bonds. The van der Waals surface area contributed by atoms with E-state index in [9.17, 15) is 0 Å². The summed E-state index contributed by atoms with van der Waals surface area (Å²) in [5.41, 5.74) is 6.72. The Morgan fingerprint density at radius 2 is 1.92 bits per heavy atom. The standard InChI is InChI=1S/C9H12Cl2N2/c1-2-3-8(12)9-6(10)4-13-5-7(9)11/h4-5,8H,2-3,12H2,1H3/t8-/m1/s1. The number of pyridine rings is 1. The first-order valence-corrected chi connectivity index (χ1v) is 4.97. The first kappa shape index (κ1) is 10.8. The van der Waals surface area contributed by atoms with Crippen LogP contribution in [0.5, 0.6) is 0 Å². The predicted octanol–water partition coefficient (Wildman–Crippen LogP) is 3.19. The topological polar surface area (TPSA) is 38.9 Å². The van der Waals surface area contributed by atoms with E-state index in [0.717, 1.165) is 18.4 Å². The molecule has 13 heavy (non-hydrogen) atoms. The second-order valence-corrected chi connectivity index (χ2v) is 3.73. The van der Waals surface area contributed by atoms with Gasteiger partial charge in [0.25, 0.3) is 0 Å². The van der Waals surface area contributed by atoms with E-state index in [1.807, 2.05) is 0 Å². The van der Waals surface area contributed by atoms with Gasteiger partial charge in [0.1, 0.15) is 0 Å². The van der Waals surface area contributed by atoms with Crippen molar-refractivity contribution >= 4 is 23.2 Å². The quantitative estimate of drug-likeness (QED) is 0.847. The molecule has 0 aliphatic heterocycles. The van der Waals surface area contributed by atoms with Gasteiger partial charge < -0.3 is 5.73 Å². The zero-order valence-corrected chi connectivity index (χ0v) is 8.94. The van der Waals surface area contributed by atoms with Gasteiger partial charge >= 0.3 is 0 Å². The molecule has 0 aliphatic carbocycles. The predicted molar refractivity (Wildman–Crippen MR) is 56.1 cm³/mol. The lowest BCUT2D eigenvalue weighted by molar-refractivity contribution is 0.638. The van der Waals surface area contributed by atoms with Crippen LogP contribution in [-0.4, -0.2) is 4.98 Å². The van der Waals surface area contributed by atoms with Crippen molar-refractivity contribution in [3.8, 4) is 0 Å². The van der Waals surface area contributed by atoms with E-state index in [0.29, 0.717) is 10.0 Å². The summed E-state index contributed by atoms with van der Waals surface area (Å²) in [5.74, 6) is 0. The van der Waals surface area contributed by atoms with E-state index in [1.54, 1.807) is 12.4 Å². The normalized spacial score (nSPS) is 12.9. The van der Waals surface area contributed by atoms with Crippen molar-refractivity contribution in [3.05, 3.63) is 28.0 Å². The minimum absolute atomic E-state index is 0.0898. The number of halogens is 2. The van der Waals surface area contributed by atoms with Gasteiger partial charge in [-0.05, 0) is 6.42 Å². The average Bonchev–Trinajstić information content (AvgIpc) is 2.04. The zero-order chi connectivity index (χ0) is 9.84. The van der Waals surface area contributed by atoms with Crippen LogP contribution in [0.25, 0.3) is 0 Å². The van der Waals surface area contributed by atoms with E-state index >= 15 is 0 Å². The first-order chi connectivity index (χ1) is 6.16. The van der Waals surface area contributed by atoms with Gasteiger partial charge in [-0.2, -0.15) is 0 Å². The van der Waals surface area contributed by atoms with E-state index in [2.05, 4.69) is 11.9 Å². The molecule has 2 N–H and O–H groups in total. The maximum atomic E-state index is 5.93. The van der Waals surface area contributed by atoms with Gasteiger partial charge in [0.2, 0.25) is 0 Å². The number of hydrogen-bond acceptors (Lipinski definition) is 2. The van der Waals surface area contributed by atoms with Gasteiger partial charge in [0, 0.05) is 24.0 Å². The molecule has 0 unspecified atom stereocenters. The highest BCUT2D eigenvalue weighted by Gasteiger charge is 2.13. The molecule has 1 aromatic rings. The maximum Gasteiger partial charge on any atom is 0.0651 e. The lowest BCUT2D eigenvalue weighted by atomic mass is 10.0. The molecule has 0 bridgehead atoms. The molecule has 1 heterocycles. The molecule has 0 aliphatic rings. The van der Waals surface area contributed by atoms with Crippen LogP contribution in [0.15, 0.2) is 12.4 Å². The van der Waals surface area contributed by atoms with Crippen molar-refractivity contribution in [1.82, 2.24) is 4.98 Å². The van der Waals surface area contributed by atoms with Crippen molar-refractivity contribution in [3.63, 3.8) is 0 Å². The third-order valence-corrected chi connectivity index (χ3v) is 2.46. The first-order valence-electron chi connectivity index (χ1n) is 4.21. The Morgan fingerprint density at radius 3 is 2.38 bits per heavy atom. The highest BCUT2D eigenvalue weighted by molar-refractivity contribution is 6.35. The van der Waals surface area contributed by atoms with Crippen LogP contribution >= 0.6 is 23.2 Å². The Balaban J connectivity index is 2.98. The molecule has 1 rings (SSSR count). The summed E-state index contributed by atoms with van der Waals surface area (Å²) in [4.78, 5) is 3.87. The molecule has 0 radical (unpaired) electrons. The largest absolute Gasteiger partial charge is 0.324 e. The number of hydrogen-bond donors (Lipinski definition) is 1. The van der Waals surface area contributed by atoms with Gasteiger partial charge in [-0.25, -0.2) is 0 Å². The Bertz CT molecular complexity index is 269. The van der Waals surface area contributed by atoms with E-state index in [-0.39, 0.29) is 6.04 Å². The Morgan fingerprint density at radius 1 is 1.38 bits per heavy atom. The zero-order valence-electron chi connectivity index (χ0n) is 7.43. The Labute approximate surface area is 88.1 Å². The second kappa shape index (κ2) is 4.80. The summed E-state index contributed by atoms with van der Waals surface area (Å²) >= 11 is 11.9. The molecule has 1 atom stereocenters. The highest BCUT2D eigenvalue weighted by atomic mass is 35.5. The highest BCUT2D eigenvalue weighted by Crippen LogP contribution is 2.29. The molecule has 0 saturated heterocycles. The summed E-state index contributed by atoms with van der Waals surface area (Å²) in [6.45, 7) is 2.07. The van der Waals surface area contributed by atoms with Crippen LogP contribution in [0.2, 0.25) is 10.0 Å². The molecule has 0 saturated carbocycles. The van der Waals surface area contributed by atoms with Gasteiger partial charge in [-0.3, -0.25) is 4.98 Å². The summed E-state index contributed by atoms with van der Waals surface area (Å²) in [6, 6.07) is -0.0898. The SMILES string of the molecule is CCC[C@@H](N)c1c(Cl)cncc1Cl. The fraction of sp³-hybridized carbons (Fsp3) is 0.444. The molecule has 4 heteroatoms. The van der Waals surface area contributed by atoms with Crippen molar-refractivity contribution in [2.45, 2.75) is 25.8 Å². The van der Waals surface area contributed by atoms with Gasteiger partial charge in [-0.1, -0.05) is 36.5 Å². The molecule has 0 fully saturated rings. The van der Waals surface area contributed by atoms with Crippen molar-refractivity contribution in [2.24, 2.45) is 5.73 Å². The number of rotatable bonds is 3. The summed E-state index contributed by atoms with van der Waals surface area (Å²) < 4.78 is 0. The lowest BCUT2D eigenvalue weighted by Crippen LogP contribution is -2.11. The number of aromatic nitrogens is 1. The average molecular weight is 219 g/mol. The maximum absolute atomic E-state index is 5.93. The van der Waals surface area contributed by atoms with E-state index < -0.39 is 0 Å². The monoisotopic (exact) mass is 218 g/mol. The fourth-order valence-corrected chi connectivity index (χ4v) is 1.88. The van der Waals surface area contributed by atoms with E-state index in [1.165, 1.54) is 0 Å². The Kier molecular flexibility index (Phi) is 3.97. The van der Waals surface area contributed by atoms with Crippen LogP contribution in [0, 0.1) is 0 Å². The summed E-state index contributed by atoms with van der Waals surface area (Å²) in [6.07, 6.45) is 5.02. The Hall–Kier alpha value is -0.310. The van der Waals surface area contributed by atoms with Crippen LogP contribution in [0.4, 0.5) is 0 Å². The lowest BCUT2D eigenvalue weighted by Gasteiger charge is -2.13. The molecule has 0 spiro atoms. The van der Waals surface area contributed by atoms with Crippen LogP contribution in [0.1, 0.15) is 31.4 Å². The number of nitrogens with two attached hydrogens (primary N) is 1. The van der Waals surface area contributed by atoms with Crippen LogP contribution < -0.4 is 5.73 Å². The second-order valence-electron chi connectivity index (χ2n) is 2.91. The number of nitrogens with zero attached hydrogens (tertiary/aromatic N) is 1. The summed E-state index contributed by atoms with van der Waals surface area (Å²) in [7, 11) is 0. The van der Waals surface area contributed by atoms with Gasteiger partial charge in [0.15, 0.2) is 0 Å². The molecule has 0 aromatic carbocycles. The van der Waals surface area contributed by atoms with Crippen LogP contribution in [-0.2, 0) is 0 Å². The molecular formula is C9H12Cl2N2. The van der Waals surface area contributed by atoms with Crippen LogP contribution in [0.3, 0.4) is 0 Å². The minimum Gasteiger partial charge on any atom is -0.324 e. The molecular weight excluding hydrogens is 207 g/mol. The molecule has 72 valence electrons. The third kappa shape index (κ3) is 2.56. The molecule has 2 nitrogen and oxygen atoms in total. The molecule has 1 aromatic heterocycles. The van der Waals surface area contributed by atoms with Crippen molar-refractivity contribution in [1.29, 1.82) is 0 Å². The smallest absolute Gasteiger partial charge is 0.0651 e. The fourth-order valence-electron chi connectivity index (χ4n) is 1.23. The van der Waals surface area contributed by atoms with Crippen molar-refractivity contribution < 1.29 is 0 Å². The van der Waals surface area contributed by atoms with Gasteiger partial charge in [-0.15, -0.1) is 0 Å². The minimum atomic E-state index is -0.0898. The van der Waals surface area contributed by atoms with E-state index in [4.69, 9.17) is 28.9 Å².